The van der Waals surface area contributed by atoms with E-state index in [1.54, 1.807) is 17.8 Å². The summed E-state index contributed by atoms with van der Waals surface area (Å²) in [4.78, 5) is 0. The van der Waals surface area contributed by atoms with Gasteiger partial charge in [-0.3, -0.25) is 0 Å². The maximum atomic E-state index is 9.22. The molecule has 5 nitrogen and oxygen atoms in total. The largest absolute Gasteiger partial charge is 0.387 e. The number of nitrogens with two attached hydrogens (primary N) is 1. The molecule has 1 heterocycles. The number of aliphatic hydroxyl groups excluding tert-OH is 1. The number of aliphatic hydroxyl groups is 1. The molecular weight excluding hydrogens is 168 g/mol. The fourth-order valence-corrected chi connectivity index (χ4v) is 1.51. The topological polar surface area (TPSA) is 77.0 Å². The van der Waals surface area contributed by atoms with Gasteiger partial charge in [0.2, 0.25) is 0 Å². The second kappa shape index (κ2) is 3.08. The van der Waals surface area contributed by atoms with E-state index >= 15 is 0 Å². The fourth-order valence-electron chi connectivity index (χ4n) is 1.51. The van der Waals surface area contributed by atoms with Gasteiger partial charge in [0, 0.05) is 6.04 Å². The molecule has 5 heteroatoms. The first-order valence-electron chi connectivity index (χ1n) is 4.52. The van der Waals surface area contributed by atoms with Crippen LogP contribution in [0.25, 0.3) is 0 Å². The van der Waals surface area contributed by atoms with Gasteiger partial charge in [0.15, 0.2) is 0 Å². The minimum atomic E-state index is -0.539. The molecule has 2 rings (SSSR count). The molecule has 0 radical (unpaired) electrons. The number of aromatic nitrogens is 3. The summed E-state index contributed by atoms with van der Waals surface area (Å²) in [6, 6.07) is 0.694. The van der Waals surface area contributed by atoms with Crippen LogP contribution in [-0.4, -0.2) is 26.1 Å². The van der Waals surface area contributed by atoms with Gasteiger partial charge in [-0.05, 0) is 19.8 Å². The van der Waals surface area contributed by atoms with E-state index in [-0.39, 0.29) is 0 Å². The second-order valence-corrected chi connectivity index (χ2v) is 3.68. The summed E-state index contributed by atoms with van der Waals surface area (Å²) in [5.41, 5.74) is 6.29. The number of hydrogen-bond donors (Lipinski definition) is 2. The zero-order valence-corrected chi connectivity index (χ0v) is 7.59. The van der Waals surface area contributed by atoms with Crippen molar-refractivity contribution < 1.29 is 5.11 Å². The first-order chi connectivity index (χ1) is 6.16. The van der Waals surface area contributed by atoms with E-state index in [2.05, 4.69) is 10.3 Å². The molecule has 1 aliphatic carbocycles. The molecule has 3 N–H and O–H groups in total. The third-order valence-corrected chi connectivity index (χ3v) is 2.48. The van der Waals surface area contributed by atoms with Gasteiger partial charge in [-0.15, -0.1) is 5.10 Å². The maximum Gasteiger partial charge on any atom is 0.111 e. The molecule has 0 unspecified atom stereocenters. The molecule has 1 aliphatic rings. The Morgan fingerprint density at radius 1 is 1.69 bits per heavy atom. The van der Waals surface area contributed by atoms with Crippen LogP contribution in [0.2, 0.25) is 0 Å². The van der Waals surface area contributed by atoms with Gasteiger partial charge in [0.1, 0.15) is 5.69 Å². The number of nitrogens with zero attached hydrogens (tertiary/aromatic N) is 3. The molecule has 0 aromatic carbocycles. The predicted octanol–water partition coefficient (Wildman–Crippen LogP) is -0.00640. The molecule has 0 saturated heterocycles. The fraction of sp³-hybridized carbons (Fsp3) is 0.750. The lowest BCUT2D eigenvalue weighted by Crippen LogP contribution is -2.37. The van der Waals surface area contributed by atoms with Crippen molar-refractivity contribution in [2.24, 2.45) is 5.73 Å². The van der Waals surface area contributed by atoms with E-state index in [4.69, 9.17) is 5.73 Å². The Morgan fingerprint density at radius 3 is 2.85 bits per heavy atom. The van der Waals surface area contributed by atoms with Crippen molar-refractivity contribution in [2.75, 3.05) is 0 Å². The summed E-state index contributed by atoms with van der Waals surface area (Å²) in [7, 11) is 0. The Hall–Kier alpha value is -0.940. The molecule has 1 saturated carbocycles. The van der Waals surface area contributed by atoms with E-state index < -0.39 is 6.10 Å². The van der Waals surface area contributed by atoms with E-state index in [0.29, 0.717) is 17.8 Å². The zero-order chi connectivity index (χ0) is 9.42. The van der Waals surface area contributed by atoms with Gasteiger partial charge in [0.05, 0.1) is 18.3 Å². The lowest BCUT2D eigenvalue weighted by atomic mass is 9.88. The molecule has 0 aliphatic heterocycles. The highest BCUT2D eigenvalue weighted by Crippen LogP contribution is 2.30. The van der Waals surface area contributed by atoms with Crippen molar-refractivity contribution >= 4 is 0 Å². The van der Waals surface area contributed by atoms with Crippen molar-refractivity contribution in [1.82, 2.24) is 15.0 Å². The van der Waals surface area contributed by atoms with E-state index in [0.717, 1.165) is 12.8 Å². The Labute approximate surface area is 76.5 Å². The van der Waals surface area contributed by atoms with Crippen LogP contribution < -0.4 is 5.73 Å². The van der Waals surface area contributed by atoms with Crippen LogP contribution in [0.1, 0.15) is 37.6 Å². The van der Waals surface area contributed by atoms with E-state index in [9.17, 15) is 5.11 Å². The van der Waals surface area contributed by atoms with Crippen molar-refractivity contribution in [3.8, 4) is 0 Å². The highest BCUT2D eigenvalue weighted by molar-refractivity contribution is 4.98. The van der Waals surface area contributed by atoms with Gasteiger partial charge in [-0.1, -0.05) is 5.21 Å². The van der Waals surface area contributed by atoms with Gasteiger partial charge in [-0.2, -0.15) is 0 Å². The van der Waals surface area contributed by atoms with Crippen LogP contribution >= 0.6 is 0 Å². The molecule has 72 valence electrons. The monoisotopic (exact) mass is 182 g/mol. The first-order valence-corrected chi connectivity index (χ1v) is 4.52. The highest BCUT2D eigenvalue weighted by Gasteiger charge is 2.28. The van der Waals surface area contributed by atoms with Crippen molar-refractivity contribution in [3.63, 3.8) is 0 Å². The lowest BCUT2D eigenvalue weighted by Gasteiger charge is -2.31. The highest BCUT2D eigenvalue weighted by atomic mass is 16.3. The molecule has 13 heavy (non-hydrogen) atoms. The van der Waals surface area contributed by atoms with Gasteiger partial charge >= 0.3 is 0 Å². The molecule has 1 fully saturated rings. The summed E-state index contributed by atoms with van der Waals surface area (Å²) >= 11 is 0. The van der Waals surface area contributed by atoms with E-state index in [1.807, 2.05) is 0 Å². The quantitative estimate of drug-likeness (QED) is 0.674. The van der Waals surface area contributed by atoms with Gasteiger partial charge < -0.3 is 10.8 Å². The van der Waals surface area contributed by atoms with Crippen molar-refractivity contribution in [3.05, 3.63) is 11.9 Å². The van der Waals surface area contributed by atoms with Crippen LogP contribution in [0.5, 0.6) is 0 Å². The maximum absolute atomic E-state index is 9.22. The summed E-state index contributed by atoms with van der Waals surface area (Å²) in [5, 5.41) is 17.0. The molecular formula is C8H14N4O. The average Bonchev–Trinajstić information content (AvgIpc) is 2.46. The number of hydrogen-bond acceptors (Lipinski definition) is 4. The lowest BCUT2D eigenvalue weighted by molar-refractivity contribution is 0.194. The van der Waals surface area contributed by atoms with Crippen molar-refractivity contribution in [2.45, 2.75) is 38.0 Å². The Kier molecular flexibility index (Phi) is 2.05. The second-order valence-electron chi connectivity index (χ2n) is 3.68. The molecule has 0 spiro atoms. The predicted molar refractivity (Wildman–Crippen MR) is 46.9 cm³/mol. The SMILES string of the molecule is C[C@H](O)c1cn([C@H]2C[C@@H](N)C2)nn1. The smallest absolute Gasteiger partial charge is 0.111 e. The molecule has 0 bridgehead atoms. The molecule has 1 atom stereocenters. The molecule has 0 amide bonds. The summed E-state index contributed by atoms with van der Waals surface area (Å²) < 4.78 is 1.80. The number of rotatable bonds is 2. The minimum Gasteiger partial charge on any atom is -0.387 e. The van der Waals surface area contributed by atoms with Crippen LogP contribution in [-0.2, 0) is 0 Å². The Bertz CT molecular complexity index is 290. The summed E-state index contributed by atoms with van der Waals surface area (Å²) in [6.07, 6.45) is 3.18. The van der Waals surface area contributed by atoms with Crippen molar-refractivity contribution in [1.29, 1.82) is 0 Å². The Morgan fingerprint density at radius 2 is 2.38 bits per heavy atom. The average molecular weight is 182 g/mol. The summed E-state index contributed by atoms with van der Waals surface area (Å²) in [5.74, 6) is 0. The summed E-state index contributed by atoms with van der Waals surface area (Å²) in [6.45, 7) is 1.68. The van der Waals surface area contributed by atoms with Crippen LogP contribution in [0.15, 0.2) is 6.20 Å². The molecule has 1 aromatic heterocycles. The van der Waals surface area contributed by atoms with E-state index in [1.165, 1.54) is 0 Å². The van der Waals surface area contributed by atoms with Gasteiger partial charge in [0.25, 0.3) is 0 Å². The molecule has 1 aromatic rings. The third kappa shape index (κ3) is 1.57. The zero-order valence-electron chi connectivity index (χ0n) is 7.59. The normalized spacial score (nSPS) is 29.8. The van der Waals surface area contributed by atoms with Crippen LogP contribution in [0.3, 0.4) is 0 Å². The third-order valence-electron chi connectivity index (χ3n) is 2.48. The van der Waals surface area contributed by atoms with Gasteiger partial charge in [-0.25, -0.2) is 4.68 Å². The first kappa shape index (κ1) is 8.65. The standard InChI is InChI=1S/C8H14N4O/c1-5(13)8-4-12(11-10-8)7-2-6(9)3-7/h4-7,13H,2-3,9H2,1H3/t5-,6-,7+/m0/s1. The van der Waals surface area contributed by atoms with Crippen LogP contribution in [0, 0.1) is 0 Å². The minimum absolute atomic E-state index is 0.309. The van der Waals surface area contributed by atoms with Crippen LogP contribution in [0.4, 0.5) is 0 Å². The Balaban J connectivity index is 2.06.